The van der Waals surface area contributed by atoms with Crippen LogP contribution in [-0.4, -0.2) is 38.3 Å². The number of benzene rings is 1. The number of rotatable bonds is 9. The van der Waals surface area contributed by atoms with Crippen molar-refractivity contribution in [2.24, 2.45) is 0 Å². The van der Waals surface area contributed by atoms with Gasteiger partial charge in [0.15, 0.2) is 0 Å². The first kappa shape index (κ1) is 17.1. The molecule has 114 valence electrons. The normalized spacial score (nSPS) is 13.1. The van der Waals surface area contributed by atoms with Gasteiger partial charge in [0.25, 0.3) is 0 Å². The second-order valence-electron chi connectivity index (χ2n) is 4.42. The minimum absolute atomic E-state index is 0.0665. The summed E-state index contributed by atoms with van der Waals surface area (Å²) in [6.45, 7) is 4.01. The second kappa shape index (κ2) is 8.39. The Morgan fingerprint density at radius 3 is 2.85 bits per heavy atom. The zero-order chi connectivity index (χ0) is 15.0. The summed E-state index contributed by atoms with van der Waals surface area (Å²) in [7, 11) is -3.31. The molecule has 0 aliphatic carbocycles. The smallest absolute Gasteiger partial charge is 0.215 e. The monoisotopic (exact) mass is 318 g/mol. The molecule has 0 saturated carbocycles. The van der Waals surface area contributed by atoms with E-state index in [9.17, 15) is 8.42 Å². The predicted octanol–water partition coefficient (Wildman–Crippen LogP) is 1.71. The van der Waals surface area contributed by atoms with Gasteiger partial charge < -0.3 is 10.5 Å². The summed E-state index contributed by atoms with van der Waals surface area (Å²) >= 11 is 1.71. The van der Waals surface area contributed by atoms with Gasteiger partial charge in [-0.2, -0.15) is 11.8 Å². The van der Waals surface area contributed by atoms with E-state index in [-0.39, 0.29) is 18.4 Å². The standard InChI is InChI=1S/C13H22N2O3S2/c1-3-19-10-11(2)15-20(16,17)8-7-18-13-6-4-5-12(14)9-13/h4-6,9,11,15H,3,7-8,10,14H2,1-2H3. The average molecular weight is 318 g/mol. The van der Waals surface area contributed by atoms with E-state index in [0.717, 1.165) is 11.5 Å². The van der Waals surface area contributed by atoms with Crippen LogP contribution in [-0.2, 0) is 10.0 Å². The number of hydrogen-bond donors (Lipinski definition) is 2. The molecule has 0 fully saturated rings. The van der Waals surface area contributed by atoms with E-state index in [4.69, 9.17) is 10.5 Å². The Balaban J connectivity index is 2.36. The van der Waals surface area contributed by atoms with E-state index in [0.29, 0.717) is 11.4 Å². The number of sulfonamides is 1. The third-order valence-electron chi connectivity index (χ3n) is 2.43. The van der Waals surface area contributed by atoms with E-state index in [1.165, 1.54) is 0 Å². The molecule has 0 bridgehead atoms. The summed E-state index contributed by atoms with van der Waals surface area (Å²) in [6.07, 6.45) is 0. The fraction of sp³-hybridized carbons (Fsp3) is 0.538. The summed E-state index contributed by atoms with van der Waals surface area (Å²) in [6, 6.07) is 6.86. The van der Waals surface area contributed by atoms with Crippen LogP contribution < -0.4 is 15.2 Å². The largest absolute Gasteiger partial charge is 0.492 e. The maximum absolute atomic E-state index is 11.8. The lowest BCUT2D eigenvalue weighted by atomic mass is 10.3. The van der Waals surface area contributed by atoms with Crippen LogP contribution in [0.3, 0.4) is 0 Å². The summed E-state index contributed by atoms with van der Waals surface area (Å²) < 4.78 is 31.7. The summed E-state index contributed by atoms with van der Waals surface area (Å²) in [5.41, 5.74) is 6.21. The highest BCUT2D eigenvalue weighted by molar-refractivity contribution is 7.99. The Morgan fingerprint density at radius 1 is 1.45 bits per heavy atom. The molecule has 0 aromatic heterocycles. The van der Waals surface area contributed by atoms with Crippen LogP contribution in [0.2, 0.25) is 0 Å². The molecule has 1 unspecified atom stereocenters. The van der Waals surface area contributed by atoms with Gasteiger partial charge >= 0.3 is 0 Å². The van der Waals surface area contributed by atoms with Crippen molar-refractivity contribution >= 4 is 27.5 Å². The van der Waals surface area contributed by atoms with Crippen molar-refractivity contribution in [3.63, 3.8) is 0 Å². The Labute approximate surface area is 125 Å². The van der Waals surface area contributed by atoms with Gasteiger partial charge in [0, 0.05) is 23.5 Å². The van der Waals surface area contributed by atoms with E-state index >= 15 is 0 Å². The molecule has 1 aromatic carbocycles. The number of thioether (sulfide) groups is 1. The maximum Gasteiger partial charge on any atom is 0.215 e. The quantitative estimate of drug-likeness (QED) is 0.677. The molecular formula is C13H22N2O3S2. The number of nitrogens with one attached hydrogen (secondary N) is 1. The predicted molar refractivity (Wildman–Crippen MR) is 85.7 cm³/mol. The molecule has 0 heterocycles. The summed E-state index contributed by atoms with van der Waals surface area (Å²) in [5, 5.41) is 0. The van der Waals surface area contributed by atoms with E-state index in [2.05, 4.69) is 4.72 Å². The molecule has 3 N–H and O–H groups in total. The first-order chi connectivity index (χ1) is 9.43. The van der Waals surface area contributed by atoms with Crippen molar-refractivity contribution < 1.29 is 13.2 Å². The van der Waals surface area contributed by atoms with Crippen LogP contribution in [0.4, 0.5) is 5.69 Å². The molecule has 1 atom stereocenters. The SMILES string of the molecule is CCSCC(C)NS(=O)(=O)CCOc1cccc(N)c1. The van der Waals surface area contributed by atoms with Crippen LogP contribution in [0.25, 0.3) is 0 Å². The van der Waals surface area contributed by atoms with Crippen LogP contribution in [0.15, 0.2) is 24.3 Å². The molecule has 5 nitrogen and oxygen atoms in total. The van der Waals surface area contributed by atoms with Gasteiger partial charge in [-0.1, -0.05) is 13.0 Å². The second-order valence-corrected chi connectivity index (χ2v) is 7.61. The third kappa shape index (κ3) is 7.02. The fourth-order valence-electron chi connectivity index (χ4n) is 1.57. The van der Waals surface area contributed by atoms with Crippen molar-refractivity contribution in [1.29, 1.82) is 0 Å². The van der Waals surface area contributed by atoms with Gasteiger partial charge in [0.1, 0.15) is 12.4 Å². The third-order valence-corrected chi connectivity index (χ3v) is 5.04. The minimum atomic E-state index is -3.31. The Hall–Kier alpha value is -0.920. The number of hydrogen-bond acceptors (Lipinski definition) is 5. The Kier molecular flexibility index (Phi) is 7.18. The van der Waals surface area contributed by atoms with Gasteiger partial charge in [0.05, 0.1) is 5.75 Å². The van der Waals surface area contributed by atoms with E-state index in [1.807, 2.05) is 13.8 Å². The molecule has 0 radical (unpaired) electrons. The molecule has 0 saturated heterocycles. The lowest BCUT2D eigenvalue weighted by molar-refractivity contribution is 0.340. The highest BCUT2D eigenvalue weighted by atomic mass is 32.2. The maximum atomic E-state index is 11.8. The highest BCUT2D eigenvalue weighted by Gasteiger charge is 2.14. The molecule has 0 aliphatic rings. The minimum Gasteiger partial charge on any atom is -0.492 e. The molecule has 0 aliphatic heterocycles. The van der Waals surface area contributed by atoms with Crippen molar-refractivity contribution in [3.05, 3.63) is 24.3 Å². The van der Waals surface area contributed by atoms with Gasteiger partial charge in [0.2, 0.25) is 10.0 Å². The fourth-order valence-corrected chi connectivity index (χ4v) is 3.46. The van der Waals surface area contributed by atoms with Gasteiger partial charge in [-0.15, -0.1) is 0 Å². The van der Waals surface area contributed by atoms with Crippen LogP contribution in [0.5, 0.6) is 5.75 Å². The summed E-state index contributed by atoms with van der Waals surface area (Å²) in [4.78, 5) is 0. The molecular weight excluding hydrogens is 296 g/mol. The molecule has 0 amide bonds. The van der Waals surface area contributed by atoms with Crippen molar-refractivity contribution in [2.75, 3.05) is 29.6 Å². The zero-order valence-electron chi connectivity index (χ0n) is 11.8. The lowest BCUT2D eigenvalue weighted by Gasteiger charge is -2.14. The Morgan fingerprint density at radius 2 is 2.20 bits per heavy atom. The van der Waals surface area contributed by atoms with Gasteiger partial charge in [-0.05, 0) is 24.8 Å². The number of anilines is 1. The molecule has 1 rings (SSSR count). The van der Waals surface area contributed by atoms with Crippen LogP contribution in [0, 0.1) is 0 Å². The molecule has 7 heteroatoms. The zero-order valence-corrected chi connectivity index (χ0v) is 13.5. The van der Waals surface area contributed by atoms with Gasteiger partial charge in [-0.3, -0.25) is 0 Å². The van der Waals surface area contributed by atoms with E-state index in [1.54, 1.807) is 36.0 Å². The van der Waals surface area contributed by atoms with Crippen LogP contribution in [0.1, 0.15) is 13.8 Å². The van der Waals surface area contributed by atoms with Crippen molar-refractivity contribution in [2.45, 2.75) is 19.9 Å². The van der Waals surface area contributed by atoms with Crippen molar-refractivity contribution in [1.82, 2.24) is 4.72 Å². The topological polar surface area (TPSA) is 81.4 Å². The lowest BCUT2D eigenvalue weighted by Crippen LogP contribution is -2.37. The molecule has 1 aromatic rings. The average Bonchev–Trinajstić information content (AvgIpc) is 2.35. The van der Waals surface area contributed by atoms with E-state index < -0.39 is 10.0 Å². The number of nitrogen functional groups attached to an aromatic ring is 1. The highest BCUT2D eigenvalue weighted by Crippen LogP contribution is 2.14. The first-order valence-electron chi connectivity index (χ1n) is 6.49. The van der Waals surface area contributed by atoms with Gasteiger partial charge in [-0.25, -0.2) is 13.1 Å². The Bertz CT molecular complexity index is 506. The number of ether oxygens (including phenoxy) is 1. The molecule has 0 spiro atoms. The van der Waals surface area contributed by atoms with Crippen molar-refractivity contribution in [3.8, 4) is 5.75 Å². The summed E-state index contributed by atoms with van der Waals surface area (Å²) in [5.74, 6) is 2.26. The number of nitrogens with two attached hydrogens (primary N) is 1. The first-order valence-corrected chi connectivity index (χ1v) is 9.29. The van der Waals surface area contributed by atoms with Crippen LogP contribution >= 0.6 is 11.8 Å². The molecule has 20 heavy (non-hydrogen) atoms.